The highest BCUT2D eigenvalue weighted by Crippen LogP contribution is 2.18. The van der Waals surface area contributed by atoms with Crippen molar-refractivity contribution in [3.63, 3.8) is 0 Å². The number of carbonyl (C=O) groups is 1. The van der Waals surface area contributed by atoms with Crippen molar-refractivity contribution in [3.8, 4) is 0 Å². The van der Waals surface area contributed by atoms with Crippen LogP contribution in [0.2, 0.25) is 0 Å². The zero-order chi connectivity index (χ0) is 18.2. The number of rotatable bonds is 4. The van der Waals surface area contributed by atoms with Crippen molar-refractivity contribution in [1.82, 2.24) is 9.38 Å². The zero-order valence-electron chi connectivity index (χ0n) is 13.9. The molecule has 0 atom stereocenters. The number of hydrogen-bond donors (Lipinski definition) is 2. The first-order valence-electron chi connectivity index (χ1n) is 7.71. The lowest BCUT2D eigenvalue weighted by molar-refractivity contribution is 0.102. The van der Waals surface area contributed by atoms with Gasteiger partial charge in [0.2, 0.25) is 10.0 Å². The van der Waals surface area contributed by atoms with E-state index in [0.29, 0.717) is 29.1 Å². The molecule has 0 radical (unpaired) electrons. The Balaban J connectivity index is 1.95. The highest BCUT2D eigenvalue weighted by atomic mass is 32.2. The van der Waals surface area contributed by atoms with E-state index in [1.54, 1.807) is 4.40 Å². The standard InChI is InChI=1S/C17H18N4O3S/c1-3-14-16(21-9-8-11(2)10-15(21)20-14)17(22)19-12-4-6-13(7-5-12)25(18,23)24/h4-10H,3H2,1-2H3,(H,19,22)(H2,18,23,24). The van der Waals surface area contributed by atoms with Gasteiger partial charge in [-0.15, -0.1) is 0 Å². The maximum absolute atomic E-state index is 12.7. The minimum atomic E-state index is -3.76. The van der Waals surface area contributed by atoms with Gasteiger partial charge in [0.15, 0.2) is 0 Å². The zero-order valence-corrected chi connectivity index (χ0v) is 14.7. The van der Waals surface area contributed by atoms with Gasteiger partial charge in [-0.1, -0.05) is 6.92 Å². The minimum Gasteiger partial charge on any atom is -0.321 e. The summed E-state index contributed by atoms with van der Waals surface area (Å²) in [4.78, 5) is 17.2. The number of fused-ring (bicyclic) bond motifs is 1. The molecule has 2 heterocycles. The van der Waals surface area contributed by atoms with Gasteiger partial charge in [0.25, 0.3) is 5.91 Å². The number of aryl methyl sites for hydroxylation is 2. The number of amides is 1. The summed E-state index contributed by atoms with van der Waals surface area (Å²) in [6.45, 7) is 3.90. The van der Waals surface area contributed by atoms with Gasteiger partial charge < -0.3 is 5.32 Å². The van der Waals surface area contributed by atoms with Crippen LogP contribution in [0.15, 0.2) is 47.5 Å². The Kier molecular flexibility index (Phi) is 4.32. The molecule has 1 amide bonds. The normalized spacial score (nSPS) is 11.6. The van der Waals surface area contributed by atoms with Crippen LogP contribution in [-0.2, 0) is 16.4 Å². The van der Waals surface area contributed by atoms with Gasteiger partial charge in [0.05, 0.1) is 10.6 Å². The summed E-state index contributed by atoms with van der Waals surface area (Å²) in [6, 6.07) is 9.52. The van der Waals surface area contributed by atoms with Crippen molar-refractivity contribution < 1.29 is 13.2 Å². The average molecular weight is 358 g/mol. The molecule has 1 aromatic carbocycles. The molecule has 0 aliphatic carbocycles. The molecule has 130 valence electrons. The maximum Gasteiger partial charge on any atom is 0.274 e. The Morgan fingerprint density at radius 3 is 2.52 bits per heavy atom. The molecule has 0 saturated heterocycles. The van der Waals surface area contributed by atoms with Gasteiger partial charge in [0, 0.05) is 11.9 Å². The second-order valence-corrected chi connectivity index (χ2v) is 7.28. The Morgan fingerprint density at radius 1 is 1.24 bits per heavy atom. The number of sulfonamides is 1. The van der Waals surface area contributed by atoms with E-state index in [2.05, 4.69) is 10.3 Å². The van der Waals surface area contributed by atoms with E-state index >= 15 is 0 Å². The SMILES string of the molecule is CCc1nc2cc(C)ccn2c1C(=O)Nc1ccc(S(N)(=O)=O)cc1. The van der Waals surface area contributed by atoms with Crippen molar-refractivity contribution >= 4 is 27.3 Å². The fourth-order valence-corrected chi connectivity index (χ4v) is 3.12. The third-order valence-electron chi connectivity index (χ3n) is 3.84. The van der Waals surface area contributed by atoms with Gasteiger partial charge in [0.1, 0.15) is 11.3 Å². The molecule has 8 heteroatoms. The first-order valence-corrected chi connectivity index (χ1v) is 9.26. The number of imidazole rings is 1. The molecule has 0 saturated carbocycles. The van der Waals surface area contributed by atoms with Gasteiger partial charge in [-0.2, -0.15) is 0 Å². The smallest absolute Gasteiger partial charge is 0.274 e. The van der Waals surface area contributed by atoms with E-state index < -0.39 is 10.0 Å². The lowest BCUT2D eigenvalue weighted by atomic mass is 10.2. The molecule has 25 heavy (non-hydrogen) atoms. The third kappa shape index (κ3) is 3.40. The van der Waals surface area contributed by atoms with Crippen LogP contribution in [0.5, 0.6) is 0 Å². The predicted octanol–water partition coefficient (Wildman–Crippen LogP) is 2.10. The molecule has 0 spiro atoms. The van der Waals surface area contributed by atoms with E-state index in [9.17, 15) is 13.2 Å². The second-order valence-electron chi connectivity index (χ2n) is 5.72. The summed E-state index contributed by atoms with van der Waals surface area (Å²) >= 11 is 0. The van der Waals surface area contributed by atoms with Crippen molar-refractivity contribution in [2.45, 2.75) is 25.2 Å². The molecule has 3 rings (SSSR count). The van der Waals surface area contributed by atoms with Crippen LogP contribution in [0.25, 0.3) is 5.65 Å². The quantitative estimate of drug-likeness (QED) is 0.745. The predicted molar refractivity (Wildman–Crippen MR) is 95.1 cm³/mol. The van der Waals surface area contributed by atoms with E-state index in [1.807, 2.05) is 32.2 Å². The van der Waals surface area contributed by atoms with Gasteiger partial charge >= 0.3 is 0 Å². The molecule has 0 aliphatic heterocycles. The molecule has 7 nitrogen and oxygen atoms in total. The number of anilines is 1. The molecule has 0 aliphatic rings. The van der Waals surface area contributed by atoms with Gasteiger partial charge in [-0.05, 0) is 55.3 Å². The fourth-order valence-electron chi connectivity index (χ4n) is 2.60. The highest BCUT2D eigenvalue weighted by molar-refractivity contribution is 7.89. The summed E-state index contributed by atoms with van der Waals surface area (Å²) < 4.78 is 24.3. The average Bonchev–Trinajstić information content (AvgIpc) is 2.92. The summed E-state index contributed by atoms with van der Waals surface area (Å²) in [7, 11) is -3.76. The first kappa shape index (κ1) is 17.1. The number of nitrogens with two attached hydrogens (primary N) is 1. The van der Waals surface area contributed by atoms with Crippen molar-refractivity contribution in [2.24, 2.45) is 5.14 Å². The molecule has 2 aromatic heterocycles. The second kappa shape index (κ2) is 6.30. The molecular formula is C17H18N4O3S. The van der Waals surface area contributed by atoms with Crippen molar-refractivity contribution in [3.05, 3.63) is 59.5 Å². The maximum atomic E-state index is 12.7. The third-order valence-corrected chi connectivity index (χ3v) is 4.77. The Labute approximate surface area is 145 Å². The molecule has 0 bridgehead atoms. The number of carbonyl (C=O) groups excluding carboxylic acids is 1. The Morgan fingerprint density at radius 2 is 1.92 bits per heavy atom. The number of benzene rings is 1. The first-order chi connectivity index (χ1) is 11.8. The topological polar surface area (TPSA) is 107 Å². The van der Waals surface area contributed by atoms with E-state index in [4.69, 9.17) is 5.14 Å². The van der Waals surface area contributed by atoms with Gasteiger partial charge in [-0.25, -0.2) is 18.5 Å². The summed E-state index contributed by atoms with van der Waals surface area (Å²) in [5, 5.41) is 7.84. The fraction of sp³-hybridized carbons (Fsp3) is 0.176. The Bertz CT molecular complexity index is 1050. The van der Waals surface area contributed by atoms with Gasteiger partial charge in [-0.3, -0.25) is 9.20 Å². The summed E-state index contributed by atoms with van der Waals surface area (Å²) in [6.07, 6.45) is 2.43. The van der Waals surface area contributed by atoms with E-state index in [1.165, 1.54) is 24.3 Å². The monoisotopic (exact) mass is 358 g/mol. The van der Waals surface area contributed by atoms with Crippen LogP contribution >= 0.6 is 0 Å². The lowest BCUT2D eigenvalue weighted by Crippen LogP contribution is -2.17. The molecule has 3 N–H and O–H groups in total. The number of nitrogens with zero attached hydrogens (tertiary/aromatic N) is 2. The molecule has 3 aromatic rings. The molecular weight excluding hydrogens is 340 g/mol. The number of nitrogens with one attached hydrogen (secondary N) is 1. The van der Waals surface area contributed by atoms with Crippen molar-refractivity contribution in [1.29, 1.82) is 0 Å². The molecule has 0 fully saturated rings. The lowest BCUT2D eigenvalue weighted by Gasteiger charge is -2.07. The number of hydrogen-bond acceptors (Lipinski definition) is 4. The van der Waals surface area contributed by atoms with Crippen LogP contribution in [-0.4, -0.2) is 23.7 Å². The van der Waals surface area contributed by atoms with E-state index in [-0.39, 0.29) is 10.8 Å². The van der Waals surface area contributed by atoms with Crippen LogP contribution in [0, 0.1) is 6.92 Å². The summed E-state index contributed by atoms with van der Waals surface area (Å²) in [5.41, 5.74) is 3.41. The number of pyridine rings is 1. The number of aromatic nitrogens is 2. The van der Waals surface area contributed by atoms with Crippen molar-refractivity contribution in [2.75, 3.05) is 5.32 Å². The van der Waals surface area contributed by atoms with Crippen LogP contribution in [0.4, 0.5) is 5.69 Å². The number of primary sulfonamides is 1. The summed E-state index contributed by atoms with van der Waals surface area (Å²) in [5.74, 6) is -0.309. The largest absolute Gasteiger partial charge is 0.321 e. The van der Waals surface area contributed by atoms with Crippen LogP contribution < -0.4 is 10.5 Å². The Hall–Kier alpha value is -2.71. The molecule has 0 unspecified atom stereocenters. The van der Waals surface area contributed by atoms with Crippen LogP contribution in [0.3, 0.4) is 0 Å². The minimum absolute atomic E-state index is 0.00924. The van der Waals surface area contributed by atoms with E-state index in [0.717, 1.165) is 5.56 Å². The van der Waals surface area contributed by atoms with Crippen LogP contribution in [0.1, 0.15) is 28.7 Å². The highest BCUT2D eigenvalue weighted by Gasteiger charge is 2.18.